The van der Waals surface area contributed by atoms with Crippen molar-refractivity contribution < 1.29 is 0 Å². The van der Waals surface area contributed by atoms with Crippen LogP contribution in [0.1, 0.15) is 44.5 Å². The summed E-state index contributed by atoms with van der Waals surface area (Å²) in [6, 6.07) is 99.8. The Hall–Kier alpha value is -8.98. The fraction of sp³-hybridized carbons (Fsp3) is 0.0294. The van der Waals surface area contributed by atoms with Gasteiger partial charge in [0.2, 0.25) is 0 Å². The molecular formula is C68H44N2. The maximum atomic E-state index is 2.54. The third-order valence-electron chi connectivity index (χ3n) is 15.9. The molecule has 11 aromatic rings. The van der Waals surface area contributed by atoms with Crippen LogP contribution in [0.2, 0.25) is 0 Å². The van der Waals surface area contributed by atoms with Gasteiger partial charge in [-0.1, -0.05) is 212 Å². The second kappa shape index (κ2) is 14.8. The van der Waals surface area contributed by atoms with E-state index in [-0.39, 0.29) is 0 Å². The first-order valence-electron chi connectivity index (χ1n) is 24.4. The Morgan fingerprint density at radius 3 is 1.36 bits per heavy atom. The molecule has 0 radical (unpaired) electrons. The zero-order valence-electron chi connectivity index (χ0n) is 38.3. The Bertz CT molecular complexity index is 3850. The highest BCUT2D eigenvalue weighted by molar-refractivity contribution is 6.02. The van der Waals surface area contributed by atoms with E-state index in [1.807, 2.05) is 0 Å². The van der Waals surface area contributed by atoms with Crippen molar-refractivity contribution in [2.75, 3.05) is 9.80 Å². The van der Waals surface area contributed by atoms with Crippen LogP contribution in [0.5, 0.6) is 0 Å². The van der Waals surface area contributed by atoms with Crippen molar-refractivity contribution in [1.29, 1.82) is 0 Å². The van der Waals surface area contributed by atoms with Crippen molar-refractivity contribution in [3.63, 3.8) is 0 Å². The molecule has 2 heteroatoms. The molecule has 326 valence electrons. The Morgan fingerprint density at radius 1 is 0.286 bits per heavy atom. The topological polar surface area (TPSA) is 6.48 Å². The molecule has 4 aliphatic rings. The van der Waals surface area contributed by atoms with Crippen LogP contribution in [-0.2, 0) is 10.8 Å². The molecule has 1 atom stereocenters. The van der Waals surface area contributed by atoms with E-state index in [1.54, 1.807) is 0 Å². The van der Waals surface area contributed by atoms with Gasteiger partial charge in [-0.3, -0.25) is 0 Å². The van der Waals surface area contributed by atoms with Crippen molar-refractivity contribution in [3.05, 3.63) is 311 Å². The average molecular weight is 889 g/mol. The van der Waals surface area contributed by atoms with Crippen LogP contribution in [0, 0.1) is 0 Å². The van der Waals surface area contributed by atoms with Gasteiger partial charge in [0.05, 0.1) is 27.9 Å². The minimum absolute atomic E-state index is 0.483. The second-order valence-electron chi connectivity index (χ2n) is 19.1. The molecule has 0 saturated carbocycles. The summed E-state index contributed by atoms with van der Waals surface area (Å²) in [6.07, 6.45) is 0. The van der Waals surface area contributed by atoms with Crippen LogP contribution in [-0.4, -0.2) is 0 Å². The largest absolute Gasteiger partial charge is 0.310 e. The normalized spacial score (nSPS) is 15.6. The van der Waals surface area contributed by atoms with Crippen LogP contribution in [0.4, 0.5) is 34.1 Å². The molecule has 70 heavy (non-hydrogen) atoms. The van der Waals surface area contributed by atoms with E-state index in [0.717, 1.165) is 22.7 Å². The van der Waals surface area contributed by atoms with E-state index in [4.69, 9.17) is 0 Å². The quantitative estimate of drug-likeness (QED) is 0.164. The van der Waals surface area contributed by atoms with Crippen molar-refractivity contribution in [1.82, 2.24) is 0 Å². The lowest BCUT2D eigenvalue weighted by molar-refractivity contribution is 0.753. The number of anilines is 6. The Morgan fingerprint density at radius 2 is 0.729 bits per heavy atom. The summed E-state index contributed by atoms with van der Waals surface area (Å²) in [5, 5.41) is 0. The molecule has 1 heterocycles. The minimum atomic E-state index is -0.605. The smallest absolute Gasteiger partial charge is 0.0755 e. The first-order valence-corrected chi connectivity index (χ1v) is 24.4. The lowest BCUT2D eigenvalue weighted by atomic mass is 9.65. The summed E-state index contributed by atoms with van der Waals surface area (Å²) in [7, 11) is 0. The van der Waals surface area contributed by atoms with E-state index < -0.39 is 10.8 Å². The summed E-state index contributed by atoms with van der Waals surface area (Å²) >= 11 is 0. The molecule has 0 amide bonds. The van der Waals surface area contributed by atoms with Crippen LogP contribution in [0.15, 0.2) is 267 Å². The highest BCUT2D eigenvalue weighted by Crippen LogP contribution is 2.67. The first kappa shape index (κ1) is 39.1. The lowest BCUT2D eigenvalue weighted by Gasteiger charge is -2.44. The predicted octanol–water partition coefficient (Wildman–Crippen LogP) is 17.3. The number of para-hydroxylation sites is 3. The lowest BCUT2D eigenvalue weighted by Crippen LogP contribution is -2.36. The standard InChI is InChI=1S/C68H44N2/c1-4-21-45(22-5-1)50-27-13-18-36-63(50)69(49-39-41-54-53-30-12-16-34-59(53)68(62(54)44-49)57-32-14-10-28-51(57)52-29-11-15-33-58(52)68)48-40-42-55-56-31-20-38-65-66(56)67(61(55)43-48,46-23-6-2-7-24-46)60-35-17-19-37-64(60)70(65)47-25-8-3-9-26-47/h1-44H. The van der Waals surface area contributed by atoms with E-state index in [0.29, 0.717) is 0 Å². The van der Waals surface area contributed by atoms with E-state index in [2.05, 4.69) is 277 Å². The third kappa shape index (κ3) is 5.07. The molecule has 15 rings (SSSR count). The predicted molar refractivity (Wildman–Crippen MR) is 288 cm³/mol. The average Bonchev–Trinajstić information content (AvgIpc) is 4.03. The number of hydrogen-bond acceptors (Lipinski definition) is 2. The molecule has 1 spiro atoms. The summed E-state index contributed by atoms with van der Waals surface area (Å²) in [4.78, 5) is 5.02. The second-order valence-corrected chi connectivity index (χ2v) is 19.1. The summed E-state index contributed by atoms with van der Waals surface area (Å²) < 4.78 is 0. The first-order chi connectivity index (χ1) is 34.8. The summed E-state index contributed by atoms with van der Waals surface area (Å²) in [6.45, 7) is 0. The molecule has 0 N–H and O–H groups in total. The number of benzene rings is 11. The van der Waals surface area contributed by atoms with Crippen molar-refractivity contribution in [2.24, 2.45) is 0 Å². The van der Waals surface area contributed by atoms with Crippen LogP contribution in [0.25, 0.3) is 44.5 Å². The van der Waals surface area contributed by atoms with Crippen LogP contribution in [0.3, 0.4) is 0 Å². The molecule has 0 bridgehead atoms. The van der Waals surface area contributed by atoms with Crippen molar-refractivity contribution in [3.8, 4) is 44.5 Å². The van der Waals surface area contributed by atoms with Crippen molar-refractivity contribution in [2.45, 2.75) is 10.8 Å². The highest BCUT2D eigenvalue weighted by atomic mass is 15.2. The van der Waals surface area contributed by atoms with Gasteiger partial charge < -0.3 is 9.80 Å². The molecule has 1 unspecified atom stereocenters. The van der Waals surface area contributed by atoms with E-state index >= 15 is 0 Å². The third-order valence-corrected chi connectivity index (χ3v) is 15.9. The van der Waals surface area contributed by atoms with Gasteiger partial charge in [-0.25, -0.2) is 0 Å². The SMILES string of the molecule is c1ccc(-c2ccccc2N(c2ccc3c(c2)C2(c4ccccc4-c4ccccc42)c2ccccc2-3)c2ccc3c(c2)C2(c4ccccc4)c4ccccc4N(c4ccccc4)c4cccc-3c42)cc1. The number of nitrogens with zero attached hydrogens (tertiary/aromatic N) is 2. The maximum Gasteiger partial charge on any atom is 0.0755 e. The van der Waals surface area contributed by atoms with Gasteiger partial charge in [0.1, 0.15) is 0 Å². The number of rotatable bonds is 6. The molecule has 0 fully saturated rings. The minimum Gasteiger partial charge on any atom is -0.310 e. The molecule has 2 nitrogen and oxygen atoms in total. The fourth-order valence-electron chi connectivity index (χ4n) is 13.3. The van der Waals surface area contributed by atoms with Gasteiger partial charge >= 0.3 is 0 Å². The Kier molecular flexibility index (Phi) is 8.24. The maximum absolute atomic E-state index is 2.54. The molecule has 1 aliphatic heterocycles. The molecule has 3 aliphatic carbocycles. The Labute approximate surface area is 408 Å². The van der Waals surface area contributed by atoms with Gasteiger partial charge in [0.25, 0.3) is 0 Å². The summed E-state index contributed by atoms with van der Waals surface area (Å²) in [5.74, 6) is 0. The molecule has 0 aromatic heterocycles. The van der Waals surface area contributed by atoms with Gasteiger partial charge in [-0.05, 0) is 132 Å². The summed E-state index contributed by atoms with van der Waals surface area (Å²) in [5.41, 5.74) is 26.3. The Balaban J connectivity index is 1.02. The van der Waals surface area contributed by atoms with Crippen LogP contribution < -0.4 is 9.80 Å². The highest BCUT2D eigenvalue weighted by Gasteiger charge is 2.54. The molecule has 0 saturated heterocycles. The van der Waals surface area contributed by atoms with Gasteiger partial charge in [0, 0.05) is 28.2 Å². The number of fused-ring (bicyclic) bond motifs is 15. The monoisotopic (exact) mass is 888 g/mol. The van der Waals surface area contributed by atoms with Gasteiger partial charge in [-0.2, -0.15) is 0 Å². The van der Waals surface area contributed by atoms with E-state index in [9.17, 15) is 0 Å². The zero-order chi connectivity index (χ0) is 46.0. The van der Waals surface area contributed by atoms with Gasteiger partial charge in [-0.15, -0.1) is 0 Å². The fourth-order valence-corrected chi connectivity index (χ4v) is 13.3. The molecular weight excluding hydrogens is 845 g/mol. The zero-order valence-corrected chi connectivity index (χ0v) is 38.3. The van der Waals surface area contributed by atoms with Crippen LogP contribution >= 0.6 is 0 Å². The van der Waals surface area contributed by atoms with Gasteiger partial charge in [0.15, 0.2) is 0 Å². The number of hydrogen-bond donors (Lipinski definition) is 0. The van der Waals surface area contributed by atoms with Crippen molar-refractivity contribution >= 4 is 34.1 Å². The molecule has 11 aromatic carbocycles. The van der Waals surface area contributed by atoms with E-state index in [1.165, 1.54) is 100 Å².